The van der Waals surface area contributed by atoms with E-state index in [1.54, 1.807) is 0 Å². The van der Waals surface area contributed by atoms with E-state index in [0.717, 1.165) is 31.6 Å². The minimum absolute atomic E-state index is 0.0918. The number of hydrogen-bond donors (Lipinski definition) is 1. The molecule has 1 N–H and O–H groups in total. The van der Waals surface area contributed by atoms with Crippen molar-refractivity contribution in [1.29, 1.82) is 0 Å². The third-order valence-corrected chi connectivity index (χ3v) is 3.00. The fraction of sp³-hybridized carbons (Fsp3) is 0.643. The van der Waals surface area contributed by atoms with Gasteiger partial charge >= 0.3 is 0 Å². The molecule has 1 unspecified atom stereocenters. The van der Waals surface area contributed by atoms with Crippen molar-refractivity contribution < 1.29 is 19.3 Å². The highest BCUT2D eigenvalue weighted by atomic mass is 16.7. The van der Waals surface area contributed by atoms with E-state index in [4.69, 9.17) is 14.2 Å². The predicted octanol–water partition coefficient (Wildman–Crippen LogP) is 1.80. The predicted molar refractivity (Wildman–Crippen MR) is 69.9 cm³/mol. The van der Waals surface area contributed by atoms with Crippen molar-refractivity contribution in [2.45, 2.75) is 39.1 Å². The van der Waals surface area contributed by atoms with Crippen LogP contribution in [0.5, 0.6) is 5.75 Å². The molecule has 1 fully saturated rings. The first kappa shape index (κ1) is 14.2. The standard InChI is InChI=1S/C14H21NO4/c1-11-5-6-13(12(10-16)15-11)17-8-9-19-14-4-2-3-7-18-14/h5-6,14,16H,2-4,7-10H2,1H3. The van der Waals surface area contributed by atoms with E-state index in [1.807, 2.05) is 19.1 Å². The van der Waals surface area contributed by atoms with Crippen molar-refractivity contribution in [3.63, 3.8) is 0 Å². The van der Waals surface area contributed by atoms with E-state index < -0.39 is 0 Å². The van der Waals surface area contributed by atoms with Crippen molar-refractivity contribution in [2.75, 3.05) is 19.8 Å². The maximum absolute atomic E-state index is 9.21. The first-order valence-corrected chi connectivity index (χ1v) is 6.73. The normalized spacial score (nSPS) is 19.4. The highest BCUT2D eigenvalue weighted by Gasteiger charge is 2.13. The molecule has 0 saturated carbocycles. The summed E-state index contributed by atoms with van der Waals surface area (Å²) in [6.07, 6.45) is 3.13. The maximum Gasteiger partial charge on any atom is 0.157 e. The van der Waals surface area contributed by atoms with E-state index in [-0.39, 0.29) is 12.9 Å². The molecule has 1 aromatic rings. The fourth-order valence-electron chi connectivity index (χ4n) is 2.02. The topological polar surface area (TPSA) is 60.8 Å². The van der Waals surface area contributed by atoms with Gasteiger partial charge in [0.05, 0.1) is 13.2 Å². The molecule has 1 atom stereocenters. The summed E-state index contributed by atoms with van der Waals surface area (Å²) in [6.45, 7) is 3.44. The van der Waals surface area contributed by atoms with Crippen LogP contribution in [-0.4, -0.2) is 36.2 Å². The van der Waals surface area contributed by atoms with Crippen LogP contribution in [0.1, 0.15) is 30.7 Å². The lowest BCUT2D eigenvalue weighted by molar-refractivity contribution is -0.165. The van der Waals surface area contributed by atoms with Crippen molar-refractivity contribution in [2.24, 2.45) is 0 Å². The maximum atomic E-state index is 9.21. The number of aryl methyl sites for hydroxylation is 1. The summed E-state index contributed by atoms with van der Waals surface area (Å²) >= 11 is 0. The second-order valence-corrected chi connectivity index (χ2v) is 4.57. The van der Waals surface area contributed by atoms with Crippen LogP contribution in [0.25, 0.3) is 0 Å². The molecule has 1 saturated heterocycles. The summed E-state index contributed by atoms with van der Waals surface area (Å²) in [5.74, 6) is 0.612. The Morgan fingerprint density at radius 3 is 3.00 bits per heavy atom. The average Bonchev–Trinajstić information content (AvgIpc) is 2.46. The molecule has 2 heterocycles. The molecule has 0 aliphatic carbocycles. The Morgan fingerprint density at radius 1 is 1.37 bits per heavy atom. The molecular weight excluding hydrogens is 246 g/mol. The zero-order valence-electron chi connectivity index (χ0n) is 11.3. The Morgan fingerprint density at radius 2 is 2.26 bits per heavy atom. The van der Waals surface area contributed by atoms with Crippen LogP contribution in [0, 0.1) is 6.92 Å². The Balaban J connectivity index is 1.73. The van der Waals surface area contributed by atoms with E-state index in [1.165, 1.54) is 0 Å². The number of nitrogens with zero attached hydrogens (tertiary/aromatic N) is 1. The van der Waals surface area contributed by atoms with Gasteiger partial charge in [0.1, 0.15) is 18.1 Å². The molecule has 0 spiro atoms. The van der Waals surface area contributed by atoms with E-state index >= 15 is 0 Å². The molecule has 2 rings (SSSR count). The minimum atomic E-state index is -0.121. The lowest BCUT2D eigenvalue weighted by atomic mass is 10.2. The first-order valence-electron chi connectivity index (χ1n) is 6.73. The summed E-state index contributed by atoms with van der Waals surface area (Å²) in [4.78, 5) is 4.22. The van der Waals surface area contributed by atoms with Crippen molar-refractivity contribution in [3.05, 3.63) is 23.5 Å². The Kier molecular flexibility index (Phi) is 5.57. The Labute approximate surface area is 113 Å². The van der Waals surface area contributed by atoms with Gasteiger partial charge in [-0.15, -0.1) is 0 Å². The van der Waals surface area contributed by atoms with Crippen molar-refractivity contribution in [1.82, 2.24) is 4.98 Å². The van der Waals surface area contributed by atoms with Gasteiger partial charge in [0, 0.05) is 12.3 Å². The van der Waals surface area contributed by atoms with Crippen molar-refractivity contribution >= 4 is 0 Å². The summed E-state index contributed by atoms with van der Waals surface area (Å²) < 4.78 is 16.6. The summed E-state index contributed by atoms with van der Waals surface area (Å²) in [5.41, 5.74) is 1.43. The number of aromatic nitrogens is 1. The van der Waals surface area contributed by atoms with Crippen LogP contribution < -0.4 is 4.74 Å². The van der Waals surface area contributed by atoms with Gasteiger partial charge in [-0.05, 0) is 38.3 Å². The second-order valence-electron chi connectivity index (χ2n) is 4.57. The van der Waals surface area contributed by atoms with Gasteiger partial charge in [-0.2, -0.15) is 0 Å². The molecule has 1 aliphatic rings. The highest BCUT2D eigenvalue weighted by molar-refractivity contribution is 5.28. The van der Waals surface area contributed by atoms with Crippen molar-refractivity contribution in [3.8, 4) is 5.75 Å². The molecule has 5 nitrogen and oxygen atoms in total. The number of aliphatic hydroxyl groups excluding tert-OH is 1. The fourth-order valence-corrected chi connectivity index (χ4v) is 2.02. The first-order chi connectivity index (χ1) is 9.29. The zero-order valence-corrected chi connectivity index (χ0v) is 11.3. The molecular formula is C14H21NO4. The summed E-state index contributed by atoms with van der Waals surface area (Å²) in [7, 11) is 0. The van der Waals surface area contributed by atoms with Gasteiger partial charge < -0.3 is 19.3 Å². The molecule has 1 aliphatic heterocycles. The average molecular weight is 267 g/mol. The van der Waals surface area contributed by atoms with Gasteiger partial charge in [-0.25, -0.2) is 0 Å². The highest BCUT2D eigenvalue weighted by Crippen LogP contribution is 2.17. The van der Waals surface area contributed by atoms with Crippen LogP contribution in [0.15, 0.2) is 12.1 Å². The smallest absolute Gasteiger partial charge is 0.157 e. The van der Waals surface area contributed by atoms with Gasteiger partial charge in [0.25, 0.3) is 0 Å². The zero-order chi connectivity index (χ0) is 13.5. The Bertz CT molecular complexity index is 391. The quantitative estimate of drug-likeness (QED) is 0.796. The molecule has 0 radical (unpaired) electrons. The number of pyridine rings is 1. The molecule has 5 heteroatoms. The minimum Gasteiger partial charge on any atom is -0.489 e. The van der Waals surface area contributed by atoms with Gasteiger partial charge in [-0.1, -0.05) is 0 Å². The van der Waals surface area contributed by atoms with Crippen LogP contribution in [0.3, 0.4) is 0 Å². The molecule has 0 aromatic carbocycles. The molecule has 0 bridgehead atoms. The number of aliphatic hydroxyl groups is 1. The lowest BCUT2D eigenvalue weighted by Gasteiger charge is -2.22. The number of rotatable bonds is 6. The third-order valence-electron chi connectivity index (χ3n) is 3.00. The van der Waals surface area contributed by atoms with Gasteiger partial charge in [0.15, 0.2) is 6.29 Å². The Hall–Kier alpha value is -1.17. The molecule has 0 amide bonds. The second kappa shape index (κ2) is 7.43. The van der Waals surface area contributed by atoms with Gasteiger partial charge in [0.2, 0.25) is 0 Å². The summed E-state index contributed by atoms with van der Waals surface area (Å²) in [6, 6.07) is 3.69. The number of hydrogen-bond acceptors (Lipinski definition) is 5. The molecule has 106 valence electrons. The third kappa shape index (κ3) is 4.45. The lowest BCUT2D eigenvalue weighted by Crippen LogP contribution is -2.24. The van der Waals surface area contributed by atoms with Crippen LogP contribution in [-0.2, 0) is 16.1 Å². The molecule has 1 aromatic heterocycles. The van der Waals surface area contributed by atoms with Gasteiger partial charge in [-0.3, -0.25) is 4.98 Å². The van der Waals surface area contributed by atoms with Crippen LogP contribution in [0.4, 0.5) is 0 Å². The van der Waals surface area contributed by atoms with E-state index in [0.29, 0.717) is 24.7 Å². The molecule has 19 heavy (non-hydrogen) atoms. The van der Waals surface area contributed by atoms with E-state index in [9.17, 15) is 5.11 Å². The van der Waals surface area contributed by atoms with Crippen LogP contribution >= 0.6 is 0 Å². The van der Waals surface area contributed by atoms with Crippen LogP contribution in [0.2, 0.25) is 0 Å². The summed E-state index contributed by atoms with van der Waals surface area (Å²) in [5, 5.41) is 9.21. The largest absolute Gasteiger partial charge is 0.489 e. The monoisotopic (exact) mass is 267 g/mol. The van der Waals surface area contributed by atoms with E-state index in [2.05, 4.69) is 4.98 Å². The number of ether oxygens (including phenoxy) is 3. The SMILES string of the molecule is Cc1ccc(OCCOC2CCCCO2)c(CO)n1.